The lowest BCUT2D eigenvalue weighted by atomic mass is 9.95. The number of benzene rings is 2. The molecule has 0 radical (unpaired) electrons. The zero-order chi connectivity index (χ0) is 36.4. The SMILES string of the molecule is CSNCCC(NC(=O)N(C)Cc1csc(C(C)C)n1)C(=O)NC(CCC(Cc1ccccc1)NC(=O)OCc1cncs1)Cc1ccccc1. The Morgan fingerprint density at radius 2 is 1.53 bits per heavy atom. The van der Waals surface area contributed by atoms with E-state index in [1.807, 2.05) is 72.3 Å². The molecule has 0 aliphatic rings. The number of carbonyl (C=O) groups is 3. The molecule has 4 N–H and O–H groups in total. The molecule has 0 bridgehead atoms. The summed E-state index contributed by atoms with van der Waals surface area (Å²) in [5.74, 6) is 0.0593. The molecule has 14 heteroatoms. The molecule has 4 amide bonds. The minimum Gasteiger partial charge on any atom is -0.444 e. The van der Waals surface area contributed by atoms with Crippen LogP contribution in [0.3, 0.4) is 0 Å². The van der Waals surface area contributed by atoms with Crippen LogP contribution < -0.4 is 20.7 Å². The summed E-state index contributed by atoms with van der Waals surface area (Å²) in [5, 5.41) is 12.3. The first-order chi connectivity index (χ1) is 24.7. The van der Waals surface area contributed by atoms with Crippen molar-refractivity contribution in [2.75, 3.05) is 19.8 Å². The van der Waals surface area contributed by atoms with Gasteiger partial charge in [-0.1, -0.05) is 86.5 Å². The fourth-order valence-electron chi connectivity index (χ4n) is 5.42. The smallest absolute Gasteiger partial charge is 0.407 e. The lowest BCUT2D eigenvalue weighted by molar-refractivity contribution is -0.123. The van der Waals surface area contributed by atoms with E-state index in [-0.39, 0.29) is 30.6 Å². The van der Waals surface area contributed by atoms with Gasteiger partial charge in [0, 0.05) is 43.2 Å². The maximum Gasteiger partial charge on any atom is 0.407 e. The highest BCUT2D eigenvalue weighted by Crippen LogP contribution is 2.20. The molecule has 51 heavy (non-hydrogen) atoms. The maximum absolute atomic E-state index is 14.0. The van der Waals surface area contributed by atoms with Crippen molar-refractivity contribution >= 4 is 52.7 Å². The first-order valence-corrected chi connectivity index (χ1v) is 20.1. The number of ether oxygens (including phenoxy) is 1. The van der Waals surface area contributed by atoms with Gasteiger partial charge in [0.1, 0.15) is 12.6 Å². The van der Waals surface area contributed by atoms with Crippen LogP contribution in [0.5, 0.6) is 0 Å². The number of nitrogens with one attached hydrogen (secondary N) is 4. The normalized spacial score (nSPS) is 12.9. The monoisotopic (exact) mass is 751 g/mol. The number of thiazole rings is 2. The van der Waals surface area contributed by atoms with Crippen LogP contribution in [-0.4, -0.2) is 70.9 Å². The van der Waals surface area contributed by atoms with Gasteiger partial charge in [0.25, 0.3) is 0 Å². The lowest BCUT2D eigenvalue weighted by Crippen LogP contribution is -2.53. The van der Waals surface area contributed by atoms with E-state index in [9.17, 15) is 14.4 Å². The molecule has 0 spiro atoms. The van der Waals surface area contributed by atoms with Crippen LogP contribution in [0.4, 0.5) is 9.59 Å². The van der Waals surface area contributed by atoms with E-state index in [1.54, 1.807) is 35.0 Å². The summed E-state index contributed by atoms with van der Waals surface area (Å²) in [7, 11) is 1.71. The molecule has 2 aromatic heterocycles. The van der Waals surface area contributed by atoms with Gasteiger partial charge < -0.3 is 25.6 Å². The summed E-state index contributed by atoms with van der Waals surface area (Å²) >= 11 is 4.48. The number of aromatic nitrogens is 2. The van der Waals surface area contributed by atoms with Crippen LogP contribution in [0.1, 0.15) is 65.7 Å². The third kappa shape index (κ3) is 14.3. The minimum atomic E-state index is -0.764. The average Bonchev–Trinajstić information content (AvgIpc) is 3.83. The predicted octanol–water partition coefficient (Wildman–Crippen LogP) is 6.54. The summed E-state index contributed by atoms with van der Waals surface area (Å²) in [5.41, 5.74) is 4.68. The Kier molecular flexibility index (Phi) is 16.7. The summed E-state index contributed by atoms with van der Waals surface area (Å²) in [6.45, 7) is 5.21. The van der Waals surface area contributed by atoms with Crippen molar-refractivity contribution < 1.29 is 19.1 Å². The summed E-state index contributed by atoms with van der Waals surface area (Å²) in [6.07, 6.45) is 5.87. The van der Waals surface area contributed by atoms with Gasteiger partial charge in [-0.05, 0) is 49.5 Å². The van der Waals surface area contributed by atoms with E-state index in [0.29, 0.717) is 51.1 Å². The fraction of sp³-hybridized carbons (Fsp3) is 0.432. The lowest BCUT2D eigenvalue weighted by Gasteiger charge is -2.27. The molecule has 0 fully saturated rings. The second kappa shape index (κ2) is 21.4. The largest absolute Gasteiger partial charge is 0.444 e. The van der Waals surface area contributed by atoms with Crippen molar-refractivity contribution in [1.82, 2.24) is 35.5 Å². The van der Waals surface area contributed by atoms with E-state index in [1.165, 1.54) is 23.3 Å². The van der Waals surface area contributed by atoms with Crippen LogP contribution >= 0.6 is 34.6 Å². The Bertz CT molecular complexity index is 1610. The highest BCUT2D eigenvalue weighted by Gasteiger charge is 2.26. The van der Waals surface area contributed by atoms with Crippen LogP contribution in [-0.2, 0) is 35.5 Å². The molecule has 2 aromatic carbocycles. The molecule has 11 nitrogen and oxygen atoms in total. The van der Waals surface area contributed by atoms with Crippen molar-refractivity contribution in [3.63, 3.8) is 0 Å². The molecule has 4 aromatic rings. The molecule has 274 valence electrons. The summed E-state index contributed by atoms with van der Waals surface area (Å²) in [6, 6.07) is 18.4. The highest BCUT2D eigenvalue weighted by molar-refractivity contribution is 7.96. The van der Waals surface area contributed by atoms with Crippen molar-refractivity contribution in [3.05, 3.63) is 104 Å². The molecule has 3 unspecified atom stereocenters. The number of nitrogens with zero attached hydrogens (tertiary/aromatic N) is 3. The Balaban J connectivity index is 1.45. The van der Waals surface area contributed by atoms with Crippen LogP contribution in [0.2, 0.25) is 0 Å². The first-order valence-electron chi connectivity index (χ1n) is 17.1. The average molecular weight is 752 g/mol. The Labute approximate surface area is 313 Å². The van der Waals surface area contributed by atoms with E-state index in [0.717, 1.165) is 26.7 Å². The fourth-order valence-corrected chi connectivity index (χ4v) is 7.07. The van der Waals surface area contributed by atoms with E-state index in [4.69, 9.17) is 4.74 Å². The van der Waals surface area contributed by atoms with Gasteiger partial charge in [-0.2, -0.15) is 0 Å². The zero-order valence-electron chi connectivity index (χ0n) is 29.7. The van der Waals surface area contributed by atoms with E-state index < -0.39 is 12.1 Å². The number of alkyl carbamates (subject to hydrolysis) is 1. The molecule has 4 rings (SSSR count). The number of rotatable bonds is 20. The van der Waals surface area contributed by atoms with Crippen molar-refractivity contribution in [2.45, 2.75) is 83.1 Å². The molecule has 0 saturated carbocycles. The number of hydrogen-bond donors (Lipinski definition) is 4. The second-order valence-electron chi connectivity index (χ2n) is 12.6. The Morgan fingerprint density at radius 3 is 2.10 bits per heavy atom. The van der Waals surface area contributed by atoms with Gasteiger partial charge in [0.2, 0.25) is 5.91 Å². The minimum absolute atomic E-state index is 0.150. The standard InChI is InChI=1S/C37H49N7O4S3/c1-26(2)35-41-31(24-50-35)22-44(3)36(46)43-33(17-18-39-49-4)34(45)40-29(19-27-11-7-5-8-12-27)15-16-30(20-28-13-9-6-10-14-28)42-37(47)48-23-32-21-38-25-51-32/h5-14,21,24-26,29-30,33,39H,15-20,22-23H2,1-4H3,(H,40,45)(H,42,47)(H,43,46). The van der Waals surface area contributed by atoms with E-state index in [2.05, 4.69) is 44.5 Å². The third-order valence-corrected chi connectivity index (χ3v) is 10.6. The van der Waals surface area contributed by atoms with Gasteiger partial charge in [-0.3, -0.25) is 14.5 Å². The second-order valence-corrected chi connectivity index (χ2v) is 15.2. The Hall–Kier alpha value is -3.98. The van der Waals surface area contributed by atoms with Gasteiger partial charge >= 0.3 is 12.1 Å². The number of amides is 4. The van der Waals surface area contributed by atoms with Crippen molar-refractivity contribution in [2.24, 2.45) is 0 Å². The molecule has 0 aliphatic heterocycles. The van der Waals surface area contributed by atoms with Crippen molar-refractivity contribution in [3.8, 4) is 0 Å². The van der Waals surface area contributed by atoms with Gasteiger partial charge in [-0.15, -0.1) is 22.7 Å². The number of carbonyl (C=O) groups excluding carboxylic acids is 3. The molecule has 3 atom stereocenters. The number of hydrogen-bond acceptors (Lipinski definition) is 10. The van der Waals surface area contributed by atoms with Crippen molar-refractivity contribution in [1.29, 1.82) is 0 Å². The number of urea groups is 1. The van der Waals surface area contributed by atoms with Crippen LogP contribution in [0, 0.1) is 0 Å². The predicted molar refractivity (Wildman–Crippen MR) is 207 cm³/mol. The Morgan fingerprint density at radius 1 is 0.882 bits per heavy atom. The first kappa shape index (κ1) is 39.8. The van der Waals surface area contributed by atoms with E-state index >= 15 is 0 Å². The molecular formula is C37H49N7O4S3. The topological polar surface area (TPSA) is 138 Å². The molecular weight excluding hydrogens is 703 g/mol. The highest BCUT2D eigenvalue weighted by atomic mass is 32.2. The van der Waals surface area contributed by atoms with Gasteiger partial charge in [0.05, 0.1) is 27.6 Å². The molecule has 0 aliphatic carbocycles. The third-order valence-electron chi connectivity index (χ3n) is 8.11. The van der Waals surface area contributed by atoms with Crippen LogP contribution in [0.15, 0.2) is 77.8 Å². The quantitative estimate of drug-likeness (QED) is 0.0591. The summed E-state index contributed by atoms with van der Waals surface area (Å²) in [4.78, 5) is 51.3. The molecule has 2 heterocycles. The summed E-state index contributed by atoms with van der Waals surface area (Å²) < 4.78 is 8.69. The molecule has 0 saturated heterocycles. The van der Waals surface area contributed by atoms with Gasteiger partial charge in [0.15, 0.2) is 0 Å². The van der Waals surface area contributed by atoms with Gasteiger partial charge in [-0.25, -0.2) is 14.6 Å². The zero-order valence-corrected chi connectivity index (χ0v) is 32.1. The maximum atomic E-state index is 14.0. The van der Waals surface area contributed by atoms with Crippen LogP contribution in [0.25, 0.3) is 0 Å².